The van der Waals surface area contributed by atoms with Crippen LogP contribution in [-0.2, 0) is 14.6 Å². The van der Waals surface area contributed by atoms with Crippen molar-refractivity contribution in [1.82, 2.24) is 0 Å². The first-order valence-corrected chi connectivity index (χ1v) is 5.65. The first-order chi connectivity index (χ1) is 6.83. The Labute approximate surface area is 85.6 Å². The van der Waals surface area contributed by atoms with E-state index in [4.69, 9.17) is 0 Å². The molecular weight excluding hydrogens is 226 g/mol. The van der Waals surface area contributed by atoms with Gasteiger partial charge in [0.25, 0.3) is 0 Å². The smallest absolute Gasteiger partial charge is 0.185 e. The van der Waals surface area contributed by atoms with E-state index in [1.807, 2.05) is 0 Å². The molecule has 0 radical (unpaired) electrons. The molecule has 1 aromatic carbocycles. The van der Waals surface area contributed by atoms with Crippen molar-refractivity contribution >= 4 is 15.6 Å². The summed E-state index contributed by atoms with van der Waals surface area (Å²) in [5.41, 5.74) is 0. The molecule has 1 rings (SSSR count). The molecule has 0 heterocycles. The number of carbonyl (C=O) groups is 1. The number of halogens is 2. The molecule has 0 spiro atoms. The predicted octanol–water partition coefficient (Wildman–Crippen LogP) is 1.33. The SMILES string of the molecule is CC(=O)CS(=O)(=O)c1ccc(F)c(F)c1. The van der Waals surface area contributed by atoms with Crippen LogP contribution in [0.4, 0.5) is 8.78 Å². The van der Waals surface area contributed by atoms with E-state index in [1.54, 1.807) is 0 Å². The van der Waals surface area contributed by atoms with Gasteiger partial charge in [-0.2, -0.15) is 0 Å². The molecule has 0 saturated carbocycles. The van der Waals surface area contributed by atoms with Crippen molar-refractivity contribution in [3.63, 3.8) is 0 Å². The number of hydrogen-bond donors (Lipinski definition) is 0. The molecule has 0 atom stereocenters. The highest BCUT2D eigenvalue weighted by Crippen LogP contribution is 2.15. The van der Waals surface area contributed by atoms with Gasteiger partial charge in [-0.05, 0) is 25.1 Å². The molecule has 0 fully saturated rings. The fraction of sp³-hybridized carbons (Fsp3) is 0.222. The minimum atomic E-state index is -3.86. The zero-order valence-electron chi connectivity index (χ0n) is 7.83. The van der Waals surface area contributed by atoms with E-state index in [9.17, 15) is 22.0 Å². The van der Waals surface area contributed by atoms with Crippen LogP contribution >= 0.6 is 0 Å². The van der Waals surface area contributed by atoms with Gasteiger partial charge >= 0.3 is 0 Å². The summed E-state index contributed by atoms with van der Waals surface area (Å²) in [6, 6.07) is 2.20. The van der Waals surface area contributed by atoms with Crippen molar-refractivity contribution in [2.45, 2.75) is 11.8 Å². The maximum atomic E-state index is 12.7. The third-order valence-corrected chi connectivity index (χ3v) is 3.40. The quantitative estimate of drug-likeness (QED) is 0.741. The molecule has 0 amide bonds. The molecule has 0 aliphatic heterocycles. The van der Waals surface area contributed by atoms with Gasteiger partial charge in [-0.15, -0.1) is 0 Å². The average Bonchev–Trinajstić information content (AvgIpc) is 2.07. The van der Waals surface area contributed by atoms with Crippen LogP contribution < -0.4 is 0 Å². The number of carbonyl (C=O) groups excluding carboxylic acids is 1. The van der Waals surface area contributed by atoms with E-state index in [2.05, 4.69) is 0 Å². The second-order valence-electron chi connectivity index (χ2n) is 3.04. The molecule has 0 N–H and O–H groups in total. The van der Waals surface area contributed by atoms with E-state index < -0.39 is 37.9 Å². The maximum absolute atomic E-state index is 12.7. The summed E-state index contributed by atoms with van der Waals surface area (Å²) in [6.45, 7) is 1.11. The fourth-order valence-electron chi connectivity index (χ4n) is 1.02. The summed E-state index contributed by atoms with van der Waals surface area (Å²) >= 11 is 0. The molecule has 15 heavy (non-hydrogen) atoms. The van der Waals surface area contributed by atoms with Crippen molar-refractivity contribution in [2.75, 3.05) is 5.75 Å². The van der Waals surface area contributed by atoms with Gasteiger partial charge in [0.15, 0.2) is 21.5 Å². The summed E-state index contributed by atoms with van der Waals surface area (Å²) in [6.07, 6.45) is 0. The van der Waals surface area contributed by atoms with Gasteiger partial charge < -0.3 is 0 Å². The third kappa shape index (κ3) is 2.82. The van der Waals surface area contributed by atoms with Gasteiger partial charge in [-0.25, -0.2) is 17.2 Å². The lowest BCUT2D eigenvalue weighted by Crippen LogP contribution is -2.13. The van der Waals surface area contributed by atoms with Crippen molar-refractivity contribution in [3.05, 3.63) is 29.8 Å². The summed E-state index contributed by atoms with van der Waals surface area (Å²) in [7, 11) is -3.86. The second-order valence-corrected chi connectivity index (χ2v) is 5.03. The van der Waals surface area contributed by atoms with Gasteiger partial charge in [0, 0.05) is 0 Å². The highest BCUT2D eigenvalue weighted by atomic mass is 32.2. The largest absolute Gasteiger partial charge is 0.299 e. The Morgan fingerprint density at radius 1 is 1.27 bits per heavy atom. The van der Waals surface area contributed by atoms with Crippen LogP contribution in [0.5, 0.6) is 0 Å². The lowest BCUT2D eigenvalue weighted by molar-refractivity contribution is -0.114. The molecule has 0 aliphatic carbocycles. The minimum Gasteiger partial charge on any atom is -0.299 e. The summed E-state index contributed by atoms with van der Waals surface area (Å²) in [5.74, 6) is -3.64. The van der Waals surface area contributed by atoms with Crippen LogP contribution in [0.15, 0.2) is 23.1 Å². The first-order valence-electron chi connectivity index (χ1n) is 4.00. The molecule has 0 aromatic heterocycles. The molecule has 6 heteroatoms. The van der Waals surface area contributed by atoms with Crippen LogP contribution in [0.3, 0.4) is 0 Å². The predicted molar refractivity (Wildman–Crippen MR) is 49.1 cm³/mol. The Balaban J connectivity index is 3.17. The average molecular weight is 234 g/mol. The van der Waals surface area contributed by atoms with Crippen LogP contribution in [-0.4, -0.2) is 20.0 Å². The lowest BCUT2D eigenvalue weighted by Gasteiger charge is -2.02. The summed E-state index contributed by atoms with van der Waals surface area (Å²) in [4.78, 5) is 10.2. The molecule has 1 aromatic rings. The van der Waals surface area contributed by atoms with Gasteiger partial charge in [0.1, 0.15) is 11.5 Å². The Morgan fingerprint density at radius 3 is 2.33 bits per heavy atom. The normalized spacial score (nSPS) is 11.4. The molecule has 0 saturated heterocycles. The Hall–Kier alpha value is -1.30. The van der Waals surface area contributed by atoms with Gasteiger partial charge in [0.2, 0.25) is 0 Å². The lowest BCUT2D eigenvalue weighted by atomic mass is 10.3. The van der Waals surface area contributed by atoms with E-state index in [1.165, 1.54) is 0 Å². The van der Waals surface area contributed by atoms with Crippen LogP contribution in [0.2, 0.25) is 0 Å². The third-order valence-electron chi connectivity index (χ3n) is 1.64. The second kappa shape index (κ2) is 4.06. The standard InChI is InChI=1S/C9H8F2O3S/c1-6(12)5-15(13,14)7-2-3-8(10)9(11)4-7/h2-4H,5H2,1H3. The van der Waals surface area contributed by atoms with Crippen molar-refractivity contribution in [3.8, 4) is 0 Å². The number of sulfone groups is 1. The van der Waals surface area contributed by atoms with Crippen LogP contribution in [0, 0.1) is 11.6 Å². The topological polar surface area (TPSA) is 51.2 Å². The zero-order valence-corrected chi connectivity index (χ0v) is 8.64. The molecule has 0 aliphatic rings. The van der Waals surface area contributed by atoms with Gasteiger partial charge in [-0.3, -0.25) is 4.79 Å². The molecule has 82 valence electrons. The summed E-state index contributed by atoms with van der Waals surface area (Å²) in [5, 5.41) is 0. The van der Waals surface area contributed by atoms with E-state index in [0.717, 1.165) is 13.0 Å². The zero-order chi connectivity index (χ0) is 11.6. The van der Waals surface area contributed by atoms with Crippen LogP contribution in [0.25, 0.3) is 0 Å². The van der Waals surface area contributed by atoms with Crippen molar-refractivity contribution in [2.24, 2.45) is 0 Å². The monoisotopic (exact) mass is 234 g/mol. The van der Waals surface area contributed by atoms with Crippen molar-refractivity contribution < 1.29 is 22.0 Å². The molecule has 0 bridgehead atoms. The van der Waals surface area contributed by atoms with E-state index in [0.29, 0.717) is 12.1 Å². The highest BCUT2D eigenvalue weighted by molar-refractivity contribution is 7.92. The maximum Gasteiger partial charge on any atom is 0.185 e. The Bertz CT molecular complexity index is 494. The number of Topliss-reactive ketones (excluding diaryl/α,β-unsaturated/α-hetero) is 1. The van der Waals surface area contributed by atoms with Crippen molar-refractivity contribution in [1.29, 1.82) is 0 Å². The number of ketones is 1. The molecule has 3 nitrogen and oxygen atoms in total. The van der Waals surface area contributed by atoms with Gasteiger partial charge in [0.05, 0.1) is 4.90 Å². The Morgan fingerprint density at radius 2 is 1.87 bits per heavy atom. The van der Waals surface area contributed by atoms with E-state index in [-0.39, 0.29) is 0 Å². The van der Waals surface area contributed by atoms with Gasteiger partial charge in [-0.1, -0.05) is 0 Å². The number of hydrogen-bond acceptors (Lipinski definition) is 3. The van der Waals surface area contributed by atoms with Crippen LogP contribution in [0.1, 0.15) is 6.92 Å². The fourth-order valence-corrected chi connectivity index (χ4v) is 2.28. The minimum absolute atomic E-state index is 0.392. The highest BCUT2D eigenvalue weighted by Gasteiger charge is 2.18. The summed E-state index contributed by atoms with van der Waals surface area (Å²) < 4.78 is 48.0. The number of benzene rings is 1. The first kappa shape index (κ1) is 11.8. The van der Waals surface area contributed by atoms with E-state index >= 15 is 0 Å². The molecule has 0 unspecified atom stereocenters. The number of rotatable bonds is 3. The Kier molecular flexibility index (Phi) is 3.18. The molecular formula is C9H8F2O3S.